The van der Waals surface area contributed by atoms with Crippen LogP contribution in [0.2, 0.25) is 0 Å². The molecule has 0 saturated carbocycles. The van der Waals surface area contributed by atoms with E-state index in [1.807, 2.05) is 6.07 Å². The summed E-state index contributed by atoms with van der Waals surface area (Å²) in [5, 5.41) is 9.16. The van der Waals surface area contributed by atoms with Crippen molar-refractivity contribution in [1.29, 1.82) is 0 Å². The van der Waals surface area contributed by atoms with Gasteiger partial charge in [0.15, 0.2) is 5.65 Å². The standard InChI is InChI=1S/C22H20N4O5/c1-13-19-20(24-12-23-13)25(11-15-6-9-17(30-2)10-18(15)31-3)22(29)26(19)16-7-4-14(5-8-16)21(27)28/h4-10,12H,11H2,1-3H3,(H,27,28). The Hall–Kier alpha value is -4.14. The molecule has 0 saturated heterocycles. The van der Waals surface area contributed by atoms with Gasteiger partial charge in [-0.05, 0) is 43.3 Å². The highest BCUT2D eigenvalue weighted by Crippen LogP contribution is 2.26. The van der Waals surface area contributed by atoms with Gasteiger partial charge in [-0.1, -0.05) is 0 Å². The number of fused-ring (bicyclic) bond motifs is 1. The molecule has 2 heterocycles. The zero-order chi connectivity index (χ0) is 22.1. The number of ether oxygens (including phenoxy) is 2. The molecule has 0 atom stereocenters. The number of carbonyl (C=O) groups is 1. The van der Waals surface area contributed by atoms with Crippen LogP contribution in [0.1, 0.15) is 21.6 Å². The molecule has 2 aromatic carbocycles. The van der Waals surface area contributed by atoms with Gasteiger partial charge in [0.05, 0.1) is 37.7 Å². The molecule has 31 heavy (non-hydrogen) atoms. The molecule has 0 aliphatic rings. The van der Waals surface area contributed by atoms with Crippen LogP contribution in [0.5, 0.6) is 11.5 Å². The van der Waals surface area contributed by atoms with E-state index in [1.165, 1.54) is 23.0 Å². The molecule has 158 valence electrons. The molecule has 0 unspecified atom stereocenters. The van der Waals surface area contributed by atoms with Gasteiger partial charge in [-0.3, -0.25) is 9.13 Å². The third-order valence-corrected chi connectivity index (χ3v) is 5.08. The van der Waals surface area contributed by atoms with Gasteiger partial charge in [0.1, 0.15) is 23.3 Å². The zero-order valence-corrected chi connectivity index (χ0v) is 17.2. The van der Waals surface area contributed by atoms with Gasteiger partial charge in [-0.25, -0.2) is 19.6 Å². The summed E-state index contributed by atoms with van der Waals surface area (Å²) in [5.74, 6) is 0.197. The lowest BCUT2D eigenvalue weighted by atomic mass is 10.2. The van der Waals surface area contributed by atoms with Crippen molar-refractivity contribution in [2.45, 2.75) is 13.5 Å². The molecule has 9 nitrogen and oxygen atoms in total. The van der Waals surface area contributed by atoms with E-state index in [-0.39, 0.29) is 17.8 Å². The lowest BCUT2D eigenvalue weighted by Gasteiger charge is -2.11. The molecule has 1 N–H and O–H groups in total. The first-order valence-corrected chi connectivity index (χ1v) is 9.42. The van der Waals surface area contributed by atoms with E-state index < -0.39 is 5.97 Å². The molecule has 2 aromatic heterocycles. The summed E-state index contributed by atoms with van der Waals surface area (Å²) < 4.78 is 13.8. The summed E-state index contributed by atoms with van der Waals surface area (Å²) in [6.45, 7) is 2.02. The molecule has 4 rings (SSSR count). The number of carboxylic acids is 1. The normalized spacial score (nSPS) is 10.9. The SMILES string of the molecule is COc1ccc(Cn2c(=O)n(-c3ccc(C(=O)O)cc3)c3c(C)ncnc32)c(OC)c1. The van der Waals surface area contributed by atoms with E-state index in [2.05, 4.69) is 9.97 Å². The summed E-state index contributed by atoms with van der Waals surface area (Å²) in [4.78, 5) is 33.2. The third-order valence-electron chi connectivity index (χ3n) is 5.08. The minimum absolute atomic E-state index is 0.136. The Morgan fingerprint density at radius 2 is 1.81 bits per heavy atom. The summed E-state index contributed by atoms with van der Waals surface area (Å²) in [6.07, 6.45) is 1.41. The number of nitrogens with zero attached hydrogens (tertiary/aromatic N) is 4. The Morgan fingerprint density at radius 3 is 2.45 bits per heavy atom. The van der Waals surface area contributed by atoms with Crippen molar-refractivity contribution in [3.8, 4) is 17.2 Å². The van der Waals surface area contributed by atoms with Crippen molar-refractivity contribution in [2.75, 3.05) is 14.2 Å². The predicted molar refractivity (Wildman–Crippen MR) is 113 cm³/mol. The van der Waals surface area contributed by atoms with Crippen LogP contribution in [-0.4, -0.2) is 44.4 Å². The number of rotatable bonds is 6. The first-order valence-electron chi connectivity index (χ1n) is 9.42. The van der Waals surface area contributed by atoms with E-state index in [1.54, 1.807) is 50.0 Å². The van der Waals surface area contributed by atoms with Gasteiger partial charge in [0.25, 0.3) is 0 Å². The van der Waals surface area contributed by atoms with Crippen molar-refractivity contribution >= 4 is 17.1 Å². The van der Waals surface area contributed by atoms with Crippen molar-refractivity contribution in [3.63, 3.8) is 0 Å². The number of hydrogen-bond donors (Lipinski definition) is 1. The molecule has 0 fully saturated rings. The van der Waals surface area contributed by atoms with Crippen molar-refractivity contribution in [3.05, 3.63) is 76.1 Å². The fraction of sp³-hybridized carbons (Fsp3) is 0.182. The van der Waals surface area contributed by atoms with Gasteiger partial charge in [-0.2, -0.15) is 0 Å². The van der Waals surface area contributed by atoms with Gasteiger partial charge >= 0.3 is 11.7 Å². The quantitative estimate of drug-likeness (QED) is 0.511. The highest BCUT2D eigenvalue weighted by atomic mass is 16.5. The second kappa shape index (κ2) is 7.94. The monoisotopic (exact) mass is 420 g/mol. The maximum atomic E-state index is 13.5. The first kappa shape index (κ1) is 20.1. The van der Waals surface area contributed by atoms with Crippen LogP contribution in [0.25, 0.3) is 16.9 Å². The third kappa shape index (κ3) is 3.50. The predicted octanol–water partition coefficient (Wildman–Crippen LogP) is 2.65. The number of carboxylic acid groups (broad SMARTS) is 1. The van der Waals surface area contributed by atoms with Gasteiger partial charge in [0, 0.05) is 11.6 Å². The highest BCUT2D eigenvalue weighted by molar-refractivity contribution is 5.88. The summed E-state index contributed by atoms with van der Waals surface area (Å²) in [7, 11) is 3.13. The topological polar surface area (TPSA) is 108 Å². The number of aromatic nitrogens is 4. The smallest absolute Gasteiger partial charge is 0.335 e. The largest absolute Gasteiger partial charge is 0.497 e. The molecule has 4 aromatic rings. The summed E-state index contributed by atoms with van der Waals surface area (Å²) >= 11 is 0. The zero-order valence-electron chi connectivity index (χ0n) is 17.2. The second-order valence-corrected chi connectivity index (χ2v) is 6.87. The average molecular weight is 420 g/mol. The van der Waals surface area contributed by atoms with E-state index in [0.29, 0.717) is 34.0 Å². The molecular formula is C22H20N4O5. The molecule has 0 aliphatic carbocycles. The number of hydrogen-bond acceptors (Lipinski definition) is 6. The van der Waals surface area contributed by atoms with Crippen LogP contribution >= 0.6 is 0 Å². The maximum absolute atomic E-state index is 13.5. The van der Waals surface area contributed by atoms with Crippen molar-refractivity contribution < 1.29 is 19.4 Å². The Balaban J connectivity index is 1.90. The van der Waals surface area contributed by atoms with E-state index >= 15 is 0 Å². The van der Waals surface area contributed by atoms with Gasteiger partial charge in [-0.15, -0.1) is 0 Å². The number of imidazole rings is 1. The van der Waals surface area contributed by atoms with Crippen molar-refractivity contribution in [1.82, 2.24) is 19.1 Å². The van der Waals surface area contributed by atoms with Gasteiger partial charge < -0.3 is 14.6 Å². The van der Waals surface area contributed by atoms with Crippen LogP contribution in [0.4, 0.5) is 0 Å². The molecule has 0 aliphatic heterocycles. The Bertz CT molecular complexity index is 1340. The fourth-order valence-electron chi connectivity index (χ4n) is 3.51. The van der Waals surface area contributed by atoms with Crippen LogP contribution in [-0.2, 0) is 6.54 Å². The minimum atomic E-state index is -1.03. The van der Waals surface area contributed by atoms with E-state index in [4.69, 9.17) is 14.6 Å². The molecule has 0 amide bonds. The number of methoxy groups -OCH3 is 2. The number of benzene rings is 2. The summed E-state index contributed by atoms with van der Waals surface area (Å²) in [5.41, 5.74) is 2.78. The van der Waals surface area contributed by atoms with Crippen LogP contribution in [0, 0.1) is 6.92 Å². The van der Waals surface area contributed by atoms with E-state index in [0.717, 1.165) is 5.56 Å². The lowest BCUT2D eigenvalue weighted by Crippen LogP contribution is -2.24. The first-order chi connectivity index (χ1) is 14.9. The molecule has 0 bridgehead atoms. The van der Waals surface area contributed by atoms with Crippen LogP contribution < -0.4 is 15.2 Å². The molecule has 9 heteroatoms. The van der Waals surface area contributed by atoms with Crippen LogP contribution in [0.3, 0.4) is 0 Å². The summed E-state index contributed by atoms with van der Waals surface area (Å²) in [6, 6.07) is 11.5. The van der Waals surface area contributed by atoms with Crippen LogP contribution in [0.15, 0.2) is 53.6 Å². The fourth-order valence-corrected chi connectivity index (χ4v) is 3.51. The minimum Gasteiger partial charge on any atom is -0.497 e. The number of aryl methyl sites for hydroxylation is 1. The molecular weight excluding hydrogens is 400 g/mol. The van der Waals surface area contributed by atoms with Gasteiger partial charge in [0.2, 0.25) is 0 Å². The van der Waals surface area contributed by atoms with Crippen molar-refractivity contribution in [2.24, 2.45) is 0 Å². The Morgan fingerprint density at radius 1 is 1.06 bits per heavy atom. The Labute approximate surface area is 177 Å². The molecule has 0 spiro atoms. The average Bonchev–Trinajstić information content (AvgIpc) is 3.06. The number of aromatic carboxylic acids is 1. The second-order valence-electron chi connectivity index (χ2n) is 6.87. The highest BCUT2D eigenvalue weighted by Gasteiger charge is 2.20. The maximum Gasteiger partial charge on any atom is 0.335 e. The molecule has 0 radical (unpaired) electrons. The Kier molecular flexibility index (Phi) is 5.16. The van der Waals surface area contributed by atoms with E-state index in [9.17, 15) is 9.59 Å². The lowest BCUT2D eigenvalue weighted by molar-refractivity contribution is 0.0697.